The van der Waals surface area contributed by atoms with E-state index in [1.165, 1.54) is 12.1 Å². The number of nitrogens with two attached hydrogens (primary N) is 2. The Hall–Kier alpha value is -3.19. The number of carbonyl (C=O) groups excluding carboxylic acids is 2. The van der Waals surface area contributed by atoms with E-state index in [1.807, 2.05) is 0 Å². The van der Waals surface area contributed by atoms with Gasteiger partial charge in [-0.15, -0.1) is 0 Å². The molecule has 2 fully saturated rings. The number of rotatable bonds is 8. The fourth-order valence-electron chi connectivity index (χ4n) is 5.07. The van der Waals surface area contributed by atoms with Crippen molar-refractivity contribution < 1.29 is 22.7 Å². The first-order chi connectivity index (χ1) is 19.0. The fraction of sp³-hybridized carbons (Fsp3) is 0.444. The second kappa shape index (κ2) is 11.4. The van der Waals surface area contributed by atoms with E-state index >= 15 is 0 Å². The number of likely N-dealkylation sites (tertiary alicyclic amines) is 1. The summed E-state index contributed by atoms with van der Waals surface area (Å²) in [4.78, 5) is 33.1. The van der Waals surface area contributed by atoms with Gasteiger partial charge in [-0.3, -0.25) is 9.59 Å². The number of carbonyl (C=O) groups is 2. The number of guanidine groups is 1. The third-order valence-electron chi connectivity index (χ3n) is 7.28. The Labute approximate surface area is 238 Å². The molecule has 5 N–H and O–H groups in total. The molecule has 11 nitrogen and oxygen atoms in total. The molecule has 214 valence electrons. The van der Waals surface area contributed by atoms with Crippen molar-refractivity contribution in [3.05, 3.63) is 46.0 Å². The smallest absolute Gasteiger partial charge is 0.280 e. The van der Waals surface area contributed by atoms with Gasteiger partial charge in [-0.05, 0) is 75.5 Å². The first-order valence-electron chi connectivity index (χ1n) is 13.3. The summed E-state index contributed by atoms with van der Waals surface area (Å²) in [6.07, 6.45) is 4.38. The van der Waals surface area contributed by atoms with Crippen molar-refractivity contribution >= 4 is 44.9 Å². The Morgan fingerprint density at radius 3 is 2.55 bits per heavy atom. The van der Waals surface area contributed by atoms with E-state index in [2.05, 4.69) is 15.2 Å². The first kappa shape index (κ1) is 28.3. The standard InChI is InChI=1S/C27H33ClN6O5S/c1-16-10-17(26(36)32-27(29)30)12-22-24(16)39-25-18(15-40(22,37)38)11-20(13-21(25)28)34(9-8-33-6-2-3-7-33)23(35)14-31-19-4-5-19/h10-13,19,31H,2-9,14-15H2,1H3,(H4,29,30,32,36). The van der Waals surface area contributed by atoms with E-state index in [0.717, 1.165) is 38.8 Å². The van der Waals surface area contributed by atoms with Crippen LogP contribution in [0.2, 0.25) is 5.02 Å². The van der Waals surface area contributed by atoms with Gasteiger partial charge in [-0.1, -0.05) is 11.6 Å². The highest BCUT2D eigenvalue weighted by molar-refractivity contribution is 7.90. The van der Waals surface area contributed by atoms with Crippen molar-refractivity contribution in [2.75, 3.05) is 37.6 Å². The lowest BCUT2D eigenvalue weighted by molar-refractivity contribution is -0.117. The summed E-state index contributed by atoms with van der Waals surface area (Å²) < 4.78 is 33.3. The van der Waals surface area contributed by atoms with Gasteiger partial charge in [0.2, 0.25) is 5.91 Å². The Balaban J connectivity index is 1.49. The van der Waals surface area contributed by atoms with Gasteiger partial charge in [0.15, 0.2) is 15.8 Å². The number of ether oxygens (including phenoxy) is 1. The average Bonchev–Trinajstić information content (AvgIpc) is 3.59. The molecule has 13 heteroatoms. The van der Waals surface area contributed by atoms with Crippen molar-refractivity contribution in [3.63, 3.8) is 0 Å². The van der Waals surface area contributed by atoms with E-state index in [1.54, 1.807) is 24.0 Å². The second-order valence-electron chi connectivity index (χ2n) is 10.5. The predicted octanol–water partition coefficient (Wildman–Crippen LogP) is 2.32. The maximum Gasteiger partial charge on any atom is 0.280 e. The van der Waals surface area contributed by atoms with Crippen molar-refractivity contribution in [2.24, 2.45) is 16.5 Å². The Morgan fingerprint density at radius 1 is 1.15 bits per heavy atom. The third-order valence-corrected chi connectivity index (χ3v) is 9.22. The number of sulfone groups is 1. The van der Waals surface area contributed by atoms with Crippen LogP contribution >= 0.6 is 11.6 Å². The topological polar surface area (TPSA) is 160 Å². The third kappa shape index (κ3) is 6.25. The molecule has 0 unspecified atom stereocenters. The van der Waals surface area contributed by atoms with Crippen LogP contribution in [0.25, 0.3) is 0 Å². The number of anilines is 1. The van der Waals surface area contributed by atoms with Crippen LogP contribution in [0.5, 0.6) is 11.5 Å². The van der Waals surface area contributed by atoms with E-state index in [-0.39, 0.29) is 39.4 Å². The highest BCUT2D eigenvalue weighted by Gasteiger charge is 2.32. The van der Waals surface area contributed by atoms with Gasteiger partial charge >= 0.3 is 0 Å². The van der Waals surface area contributed by atoms with Crippen LogP contribution in [0.3, 0.4) is 0 Å². The van der Waals surface area contributed by atoms with E-state index < -0.39 is 27.5 Å². The van der Waals surface area contributed by atoms with Gasteiger partial charge in [-0.2, -0.15) is 4.99 Å². The molecule has 1 saturated heterocycles. The molecule has 2 heterocycles. The van der Waals surface area contributed by atoms with Crippen LogP contribution in [0.4, 0.5) is 5.69 Å². The van der Waals surface area contributed by atoms with Crippen molar-refractivity contribution in [1.82, 2.24) is 10.2 Å². The van der Waals surface area contributed by atoms with Gasteiger partial charge in [0.05, 0.1) is 17.3 Å². The zero-order chi connectivity index (χ0) is 28.6. The molecule has 0 spiro atoms. The number of benzene rings is 2. The lowest BCUT2D eigenvalue weighted by atomic mass is 10.1. The number of amides is 2. The van der Waals surface area contributed by atoms with Crippen LogP contribution in [0.15, 0.2) is 34.2 Å². The van der Waals surface area contributed by atoms with E-state index in [4.69, 9.17) is 27.8 Å². The van der Waals surface area contributed by atoms with Crippen molar-refractivity contribution in [1.29, 1.82) is 0 Å². The number of nitrogens with one attached hydrogen (secondary N) is 1. The summed E-state index contributed by atoms with van der Waals surface area (Å²) in [6, 6.07) is 6.34. The monoisotopic (exact) mass is 588 g/mol. The predicted molar refractivity (Wildman–Crippen MR) is 153 cm³/mol. The molecule has 1 aliphatic carbocycles. The summed E-state index contributed by atoms with van der Waals surface area (Å²) in [5, 5.41) is 3.45. The van der Waals surface area contributed by atoms with Crippen LogP contribution in [-0.2, 0) is 20.4 Å². The Morgan fingerprint density at radius 2 is 1.88 bits per heavy atom. The average molecular weight is 589 g/mol. The molecule has 0 bridgehead atoms. The first-order valence-corrected chi connectivity index (χ1v) is 15.3. The number of aryl methyl sites for hydroxylation is 1. The van der Waals surface area contributed by atoms with E-state index in [0.29, 0.717) is 35.9 Å². The van der Waals surface area contributed by atoms with Gasteiger partial charge < -0.3 is 31.3 Å². The molecule has 1 saturated carbocycles. The number of aliphatic imine (C=N–C) groups is 1. The summed E-state index contributed by atoms with van der Waals surface area (Å²) in [7, 11) is -3.99. The molecule has 2 amide bonds. The van der Waals surface area contributed by atoms with Gasteiger partial charge in [0.25, 0.3) is 5.91 Å². The molecule has 2 aliphatic heterocycles. The maximum absolute atomic E-state index is 13.6. The van der Waals surface area contributed by atoms with Crippen molar-refractivity contribution in [2.45, 2.75) is 49.3 Å². The molecular weight excluding hydrogens is 556 g/mol. The lowest BCUT2D eigenvalue weighted by Gasteiger charge is -2.27. The zero-order valence-corrected chi connectivity index (χ0v) is 23.9. The summed E-state index contributed by atoms with van der Waals surface area (Å²) in [6.45, 7) is 4.94. The SMILES string of the molecule is Cc1cc(C(=O)N=C(N)N)cc2c1Oc1c(Cl)cc(N(CCN3CCCC3)C(=O)CNC3CC3)cc1CS2(=O)=O. The molecule has 2 aromatic carbocycles. The maximum atomic E-state index is 13.6. The number of nitrogens with zero attached hydrogens (tertiary/aromatic N) is 3. The largest absolute Gasteiger partial charge is 0.454 e. The lowest BCUT2D eigenvalue weighted by Crippen LogP contribution is -2.43. The quantitative estimate of drug-likeness (QED) is 0.310. The highest BCUT2D eigenvalue weighted by atomic mass is 35.5. The number of hydrogen-bond donors (Lipinski definition) is 3. The Kier molecular flexibility index (Phi) is 8.05. The molecule has 40 heavy (non-hydrogen) atoms. The van der Waals surface area contributed by atoms with Gasteiger partial charge in [-0.25, -0.2) is 8.42 Å². The molecule has 3 aliphatic rings. The van der Waals surface area contributed by atoms with Crippen LogP contribution in [0.1, 0.15) is 47.2 Å². The molecule has 0 radical (unpaired) electrons. The number of halogens is 1. The number of fused-ring (bicyclic) bond motifs is 2. The minimum absolute atomic E-state index is 0.0106. The van der Waals surface area contributed by atoms with Gasteiger partial charge in [0.1, 0.15) is 16.4 Å². The Bertz CT molecular complexity index is 1480. The fourth-order valence-corrected chi connectivity index (χ4v) is 6.91. The van der Waals surface area contributed by atoms with E-state index in [9.17, 15) is 18.0 Å². The molecule has 5 rings (SSSR count). The molecule has 2 aromatic rings. The minimum atomic E-state index is -3.99. The summed E-state index contributed by atoms with van der Waals surface area (Å²) in [5.74, 6) is -1.47. The molecular formula is C27H33ClN6O5S. The summed E-state index contributed by atoms with van der Waals surface area (Å²) in [5.41, 5.74) is 11.9. The van der Waals surface area contributed by atoms with Crippen LogP contribution < -0.4 is 26.4 Å². The van der Waals surface area contributed by atoms with Crippen LogP contribution in [0, 0.1) is 6.92 Å². The number of hydrogen-bond acceptors (Lipinski definition) is 7. The highest BCUT2D eigenvalue weighted by Crippen LogP contribution is 2.45. The van der Waals surface area contributed by atoms with Crippen molar-refractivity contribution in [3.8, 4) is 11.5 Å². The zero-order valence-electron chi connectivity index (χ0n) is 22.3. The van der Waals surface area contributed by atoms with Crippen LogP contribution in [-0.4, -0.2) is 69.9 Å². The summed E-state index contributed by atoms with van der Waals surface area (Å²) >= 11 is 6.70. The van der Waals surface area contributed by atoms with Gasteiger partial charge in [0, 0.05) is 35.9 Å². The second-order valence-corrected chi connectivity index (χ2v) is 12.9. The normalized spacial score (nSPS) is 17.8. The minimum Gasteiger partial charge on any atom is -0.454 e. The molecule has 0 aromatic heterocycles. The molecule has 0 atom stereocenters.